The van der Waals surface area contributed by atoms with Gasteiger partial charge in [-0.15, -0.1) is 0 Å². The van der Waals surface area contributed by atoms with Crippen LogP contribution in [0, 0.1) is 0 Å². The van der Waals surface area contributed by atoms with Crippen LogP contribution in [0.25, 0.3) is 0 Å². The lowest BCUT2D eigenvalue weighted by molar-refractivity contribution is -0.122. The Hall–Kier alpha value is -4.46. The van der Waals surface area contributed by atoms with Crippen molar-refractivity contribution in [2.75, 3.05) is 6.61 Å². The number of imide groups is 1. The van der Waals surface area contributed by atoms with Crippen molar-refractivity contribution in [2.24, 2.45) is 0 Å². The van der Waals surface area contributed by atoms with Gasteiger partial charge in [-0.3, -0.25) is 24.1 Å². The lowest BCUT2D eigenvalue weighted by Gasteiger charge is -2.18. The summed E-state index contributed by atoms with van der Waals surface area (Å²) in [6.07, 6.45) is 0. The fourth-order valence-electron chi connectivity index (χ4n) is 3.98. The van der Waals surface area contributed by atoms with Gasteiger partial charge < -0.3 is 15.4 Å². The molecule has 0 saturated heterocycles. The lowest BCUT2D eigenvalue weighted by Crippen LogP contribution is -2.44. The van der Waals surface area contributed by atoms with E-state index in [9.17, 15) is 19.2 Å². The van der Waals surface area contributed by atoms with E-state index in [2.05, 4.69) is 10.6 Å². The van der Waals surface area contributed by atoms with Crippen LogP contribution in [0.1, 0.15) is 56.0 Å². The van der Waals surface area contributed by atoms with E-state index in [1.165, 1.54) is 0 Å². The van der Waals surface area contributed by atoms with Gasteiger partial charge in [-0.05, 0) is 49.2 Å². The van der Waals surface area contributed by atoms with Crippen molar-refractivity contribution in [3.63, 3.8) is 0 Å². The summed E-state index contributed by atoms with van der Waals surface area (Å²) in [7, 11) is 0. The molecule has 0 radical (unpaired) electrons. The number of nitrogens with zero attached hydrogens (tertiary/aromatic N) is 1. The van der Waals surface area contributed by atoms with Gasteiger partial charge in [0.2, 0.25) is 5.91 Å². The van der Waals surface area contributed by atoms with Gasteiger partial charge in [0.1, 0.15) is 11.8 Å². The first-order valence-corrected chi connectivity index (χ1v) is 11.7. The zero-order chi connectivity index (χ0) is 25.7. The molecule has 184 valence electrons. The standard InChI is InChI=1S/C28H27N3O5/c1-3-36-24-14-13-20(17-31-27(34)21-11-7-8-12-22(21)28(31)35)15-23(24)26(33)30-18(2)25(32)29-16-19-9-5-4-6-10-19/h4-15,18H,3,16-17H2,1-2H3,(H,29,32)(H,30,33). The number of hydrogen-bond donors (Lipinski definition) is 2. The van der Waals surface area contributed by atoms with Crippen LogP contribution in [0.4, 0.5) is 0 Å². The summed E-state index contributed by atoms with van der Waals surface area (Å²) in [5.41, 5.74) is 2.47. The first kappa shape index (κ1) is 24.7. The third kappa shape index (κ3) is 5.27. The molecule has 0 spiro atoms. The highest BCUT2D eigenvalue weighted by molar-refractivity contribution is 6.21. The van der Waals surface area contributed by atoms with Crippen LogP contribution in [0.5, 0.6) is 5.75 Å². The first-order chi connectivity index (χ1) is 17.4. The molecule has 3 aromatic rings. The highest BCUT2D eigenvalue weighted by Gasteiger charge is 2.35. The first-order valence-electron chi connectivity index (χ1n) is 11.7. The maximum atomic E-state index is 13.1. The minimum Gasteiger partial charge on any atom is -0.493 e. The molecule has 8 heteroatoms. The molecule has 1 heterocycles. The van der Waals surface area contributed by atoms with E-state index in [1.54, 1.807) is 56.3 Å². The molecule has 3 aromatic carbocycles. The number of hydrogen-bond acceptors (Lipinski definition) is 5. The average Bonchev–Trinajstić information content (AvgIpc) is 3.13. The van der Waals surface area contributed by atoms with Gasteiger partial charge in [-0.2, -0.15) is 0 Å². The average molecular weight is 486 g/mol. The van der Waals surface area contributed by atoms with E-state index < -0.39 is 11.9 Å². The molecule has 1 atom stereocenters. The van der Waals surface area contributed by atoms with Crippen LogP contribution >= 0.6 is 0 Å². The van der Waals surface area contributed by atoms with Crippen LogP contribution in [0.15, 0.2) is 72.8 Å². The van der Waals surface area contributed by atoms with Crippen LogP contribution in [-0.4, -0.2) is 41.2 Å². The van der Waals surface area contributed by atoms with Gasteiger partial charge in [-0.1, -0.05) is 48.5 Å². The second-order valence-electron chi connectivity index (χ2n) is 8.40. The molecule has 1 aliphatic heterocycles. The van der Waals surface area contributed by atoms with Crippen molar-refractivity contribution in [1.29, 1.82) is 0 Å². The highest BCUT2D eigenvalue weighted by Crippen LogP contribution is 2.26. The molecule has 1 aliphatic rings. The summed E-state index contributed by atoms with van der Waals surface area (Å²) < 4.78 is 5.61. The minimum atomic E-state index is -0.796. The van der Waals surface area contributed by atoms with Gasteiger partial charge in [-0.25, -0.2) is 0 Å². The van der Waals surface area contributed by atoms with E-state index in [-0.39, 0.29) is 29.8 Å². The quantitative estimate of drug-likeness (QED) is 0.453. The van der Waals surface area contributed by atoms with Crippen molar-refractivity contribution < 1.29 is 23.9 Å². The molecule has 2 N–H and O–H groups in total. The zero-order valence-corrected chi connectivity index (χ0v) is 20.1. The summed E-state index contributed by atoms with van der Waals surface area (Å²) in [5, 5.41) is 5.51. The van der Waals surface area contributed by atoms with Gasteiger partial charge >= 0.3 is 0 Å². The maximum absolute atomic E-state index is 13.1. The Kier molecular flexibility index (Phi) is 7.44. The molecule has 36 heavy (non-hydrogen) atoms. The number of amides is 4. The van der Waals surface area contributed by atoms with E-state index in [1.807, 2.05) is 30.3 Å². The summed E-state index contributed by atoms with van der Waals surface area (Å²) in [6, 6.07) is 20.3. The summed E-state index contributed by atoms with van der Waals surface area (Å²) >= 11 is 0. The number of nitrogens with one attached hydrogen (secondary N) is 2. The topological polar surface area (TPSA) is 105 Å². The van der Waals surface area contributed by atoms with Crippen LogP contribution in [0.3, 0.4) is 0 Å². The highest BCUT2D eigenvalue weighted by atomic mass is 16.5. The number of fused-ring (bicyclic) bond motifs is 1. The van der Waals surface area contributed by atoms with Gasteiger partial charge in [0, 0.05) is 6.54 Å². The number of ether oxygens (including phenoxy) is 1. The zero-order valence-electron chi connectivity index (χ0n) is 20.1. The second kappa shape index (κ2) is 10.9. The predicted molar refractivity (Wildman–Crippen MR) is 133 cm³/mol. The Balaban J connectivity index is 1.47. The van der Waals surface area contributed by atoms with Gasteiger partial charge in [0.15, 0.2) is 0 Å². The molecule has 0 bridgehead atoms. The summed E-state index contributed by atoms with van der Waals surface area (Å²) in [5.74, 6) is -1.23. The van der Waals surface area contributed by atoms with Crippen LogP contribution < -0.4 is 15.4 Å². The van der Waals surface area contributed by atoms with E-state index in [0.29, 0.717) is 35.6 Å². The Morgan fingerprint density at radius 1 is 0.889 bits per heavy atom. The van der Waals surface area contributed by atoms with Crippen LogP contribution in [-0.2, 0) is 17.9 Å². The molecule has 0 aromatic heterocycles. The van der Waals surface area contributed by atoms with Gasteiger partial charge in [0.25, 0.3) is 17.7 Å². The molecule has 4 rings (SSSR count). The van der Waals surface area contributed by atoms with Crippen molar-refractivity contribution in [3.05, 3.63) is 101 Å². The van der Waals surface area contributed by atoms with E-state index in [0.717, 1.165) is 10.5 Å². The third-order valence-corrected chi connectivity index (χ3v) is 5.86. The number of benzene rings is 3. The minimum absolute atomic E-state index is 0.00610. The molecule has 4 amide bonds. The Labute approximate surface area is 209 Å². The summed E-state index contributed by atoms with van der Waals surface area (Å²) in [4.78, 5) is 52.3. The van der Waals surface area contributed by atoms with Gasteiger partial charge in [0.05, 0.1) is 29.8 Å². The van der Waals surface area contributed by atoms with Crippen molar-refractivity contribution in [1.82, 2.24) is 15.5 Å². The second-order valence-corrected chi connectivity index (χ2v) is 8.40. The SMILES string of the molecule is CCOc1ccc(CN2C(=O)c3ccccc3C2=O)cc1C(=O)NC(C)C(=O)NCc1ccccc1. The van der Waals surface area contributed by atoms with Crippen molar-refractivity contribution in [2.45, 2.75) is 33.0 Å². The van der Waals surface area contributed by atoms with E-state index in [4.69, 9.17) is 4.74 Å². The normalized spacial score (nSPS) is 13.2. The fourth-order valence-corrected chi connectivity index (χ4v) is 3.98. The van der Waals surface area contributed by atoms with Crippen LogP contribution in [0.2, 0.25) is 0 Å². The number of carbonyl (C=O) groups is 4. The molecule has 8 nitrogen and oxygen atoms in total. The maximum Gasteiger partial charge on any atom is 0.261 e. The monoisotopic (exact) mass is 485 g/mol. The van der Waals surface area contributed by atoms with E-state index >= 15 is 0 Å². The third-order valence-electron chi connectivity index (χ3n) is 5.86. The molecule has 1 unspecified atom stereocenters. The largest absolute Gasteiger partial charge is 0.493 e. The Bertz CT molecular complexity index is 1270. The van der Waals surface area contributed by atoms with Crippen molar-refractivity contribution in [3.8, 4) is 5.75 Å². The molecular formula is C28H27N3O5. The lowest BCUT2D eigenvalue weighted by atomic mass is 10.1. The Morgan fingerprint density at radius 2 is 1.53 bits per heavy atom. The smallest absolute Gasteiger partial charge is 0.261 e. The summed E-state index contributed by atoms with van der Waals surface area (Å²) in [6.45, 7) is 4.09. The molecular weight excluding hydrogens is 458 g/mol. The van der Waals surface area contributed by atoms with Crippen molar-refractivity contribution >= 4 is 23.6 Å². The number of carbonyl (C=O) groups excluding carboxylic acids is 4. The molecule has 0 saturated carbocycles. The Morgan fingerprint density at radius 3 is 2.17 bits per heavy atom. The fraction of sp³-hybridized carbons (Fsp3) is 0.214. The predicted octanol–water partition coefficient (Wildman–Crippen LogP) is 3.32. The number of rotatable bonds is 9. The molecule has 0 aliphatic carbocycles. The molecule has 0 fully saturated rings.